The largest absolute Gasteiger partial charge is 0.480 e. The van der Waals surface area contributed by atoms with Crippen molar-refractivity contribution in [3.63, 3.8) is 0 Å². The summed E-state index contributed by atoms with van der Waals surface area (Å²) in [5, 5.41) is 9.12. The quantitative estimate of drug-likeness (QED) is 0.872. The molecule has 7 heteroatoms. The molecule has 0 bridgehead atoms. The first kappa shape index (κ1) is 15.9. The first-order chi connectivity index (χ1) is 8.66. The number of carboxylic acid groups (broad SMARTS) is 1. The highest BCUT2D eigenvalue weighted by Crippen LogP contribution is 2.25. The standard InChI is InChI=1S/C12H16ClNO4S/c1-7(2)11(12(15)16)14-19(17,18)9-6-4-5-8(3)10(9)13/h4-7,11,14H,1-3H3,(H,15,16)/t11-/m1/s1. The van der Waals surface area contributed by atoms with Gasteiger partial charge in [-0.2, -0.15) is 4.72 Å². The second-order valence-electron chi connectivity index (χ2n) is 4.57. The maximum absolute atomic E-state index is 12.2. The lowest BCUT2D eigenvalue weighted by atomic mass is 10.1. The lowest BCUT2D eigenvalue weighted by Gasteiger charge is -2.18. The Labute approximate surface area is 117 Å². The van der Waals surface area contributed by atoms with Crippen LogP contribution in [0, 0.1) is 12.8 Å². The van der Waals surface area contributed by atoms with E-state index in [9.17, 15) is 13.2 Å². The number of halogens is 1. The Morgan fingerprint density at radius 2 is 1.95 bits per heavy atom. The van der Waals surface area contributed by atoms with Gasteiger partial charge in [-0.1, -0.05) is 37.6 Å². The summed E-state index contributed by atoms with van der Waals surface area (Å²) in [5.74, 6) is -1.60. The van der Waals surface area contributed by atoms with Gasteiger partial charge in [-0.25, -0.2) is 8.42 Å². The summed E-state index contributed by atoms with van der Waals surface area (Å²) in [4.78, 5) is 10.9. The Morgan fingerprint density at radius 1 is 1.37 bits per heavy atom. The molecular formula is C12H16ClNO4S. The summed E-state index contributed by atoms with van der Waals surface area (Å²) >= 11 is 5.95. The molecular weight excluding hydrogens is 290 g/mol. The van der Waals surface area contributed by atoms with E-state index in [-0.39, 0.29) is 15.8 Å². The third kappa shape index (κ3) is 3.68. The molecule has 1 aromatic rings. The Bertz CT molecular complexity index is 583. The van der Waals surface area contributed by atoms with Crippen molar-refractivity contribution in [2.24, 2.45) is 5.92 Å². The molecule has 0 fully saturated rings. The van der Waals surface area contributed by atoms with Crippen molar-refractivity contribution < 1.29 is 18.3 Å². The van der Waals surface area contributed by atoms with Crippen molar-refractivity contribution in [2.45, 2.75) is 31.7 Å². The molecule has 1 rings (SSSR count). The van der Waals surface area contributed by atoms with Gasteiger partial charge in [-0.15, -0.1) is 0 Å². The van der Waals surface area contributed by atoms with E-state index in [1.165, 1.54) is 6.07 Å². The normalized spacial score (nSPS) is 13.5. The van der Waals surface area contributed by atoms with Gasteiger partial charge in [0.1, 0.15) is 10.9 Å². The van der Waals surface area contributed by atoms with Crippen LogP contribution in [-0.2, 0) is 14.8 Å². The van der Waals surface area contributed by atoms with Crippen molar-refractivity contribution in [2.75, 3.05) is 0 Å². The fourth-order valence-corrected chi connectivity index (χ4v) is 3.45. The average molecular weight is 306 g/mol. The van der Waals surface area contributed by atoms with E-state index < -0.39 is 22.0 Å². The number of carboxylic acids is 1. The van der Waals surface area contributed by atoms with Gasteiger partial charge >= 0.3 is 5.97 Å². The minimum atomic E-state index is -3.97. The van der Waals surface area contributed by atoms with Crippen LogP contribution in [0.2, 0.25) is 5.02 Å². The van der Waals surface area contributed by atoms with E-state index in [0.717, 1.165) is 0 Å². The van der Waals surface area contributed by atoms with Crippen LogP contribution in [0.4, 0.5) is 0 Å². The highest BCUT2D eigenvalue weighted by Gasteiger charge is 2.29. The topological polar surface area (TPSA) is 83.5 Å². The summed E-state index contributed by atoms with van der Waals surface area (Å²) < 4.78 is 26.5. The number of sulfonamides is 1. The van der Waals surface area contributed by atoms with Crippen LogP contribution in [-0.4, -0.2) is 25.5 Å². The second kappa shape index (κ2) is 5.90. The molecule has 0 aromatic heterocycles. The van der Waals surface area contributed by atoms with E-state index in [1.54, 1.807) is 32.9 Å². The van der Waals surface area contributed by atoms with Crippen LogP contribution >= 0.6 is 11.6 Å². The third-order valence-electron chi connectivity index (χ3n) is 2.66. The second-order valence-corrected chi connectivity index (χ2v) is 6.63. The zero-order chi connectivity index (χ0) is 14.8. The first-order valence-electron chi connectivity index (χ1n) is 5.67. The predicted octanol–water partition coefficient (Wildman–Crippen LogP) is 2.04. The predicted molar refractivity (Wildman–Crippen MR) is 72.8 cm³/mol. The van der Waals surface area contributed by atoms with Crippen molar-refractivity contribution in [1.82, 2.24) is 4.72 Å². The van der Waals surface area contributed by atoms with Crippen LogP contribution in [0.5, 0.6) is 0 Å². The number of hydrogen-bond acceptors (Lipinski definition) is 3. The van der Waals surface area contributed by atoms with Crippen LogP contribution in [0.1, 0.15) is 19.4 Å². The van der Waals surface area contributed by atoms with E-state index in [0.29, 0.717) is 5.56 Å². The maximum atomic E-state index is 12.2. The monoisotopic (exact) mass is 305 g/mol. The lowest BCUT2D eigenvalue weighted by Crippen LogP contribution is -2.44. The Hall–Kier alpha value is -1.11. The summed E-state index contributed by atoms with van der Waals surface area (Å²) in [7, 11) is -3.97. The van der Waals surface area contributed by atoms with Gasteiger partial charge in [0.2, 0.25) is 10.0 Å². The summed E-state index contributed by atoms with van der Waals surface area (Å²) in [5.41, 5.74) is 0.612. The fraction of sp³-hybridized carbons (Fsp3) is 0.417. The molecule has 5 nitrogen and oxygen atoms in total. The maximum Gasteiger partial charge on any atom is 0.322 e. The Kier molecular flexibility index (Phi) is 4.95. The fourth-order valence-electron chi connectivity index (χ4n) is 1.53. The molecule has 0 aliphatic rings. The number of nitrogens with one attached hydrogen (secondary N) is 1. The van der Waals surface area contributed by atoms with Crippen molar-refractivity contribution >= 4 is 27.6 Å². The molecule has 1 aromatic carbocycles. The molecule has 0 aliphatic heterocycles. The van der Waals surface area contributed by atoms with Gasteiger partial charge in [-0.3, -0.25) is 4.79 Å². The molecule has 0 saturated heterocycles. The summed E-state index contributed by atoms with van der Waals surface area (Å²) in [6, 6.07) is 3.39. The lowest BCUT2D eigenvalue weighted by molar-refractivity contribution is -0.140. The summed E-state index contributed by atoms with van der Waals surface area (Å²) in [6.45, 7) is 4.93. The van der Waals surface area contributed by atoms with Gasteiger partial charge in [0.25, 0.3) is 0 Å². The molecule has 1 atom stereocenters. The number of hydrogen-bond donors (Lipinski definition) is 2. The van der Waals surface area contributed by atoms with Crippen LogP contribution in [0.3, 0.4) is 0 Å². The van der Waals surface area contributed by atoms with Gasteiger partial charge in [-0.05, 0) is 24.5 Å². The molecule has 0 heterocycles. The molecule has 0 unspecified atom stereocenters. The molecule has 19 heavy (non-hydrogen) atoms. The molecule has 0 amide bonds. The van der Waals surface area contributed by atoms with Crippen LogP contribution in [0.25, 0.3) is 0 Å². The minimum absolute atomic E-state index is 0.0999. The molecule has 2 N–H and O–H groups in total. The number of rotatable bonds is 5. The SMILES string of the molecule is Cc1cccc(S(=O)(=O)N[C@@H](C(=O)O)C(C)C)c1Cl. The summed E-state index contributed by atoms with van der Waals surface area (Å²) in [6.07, 6.45) is 0. The molecule has 0 radical (unpaired) electrons. The van der Waals surface area contributed by atoms with E-state index in [4.69, 9.17) is 16.7 Å². The van der Waals surface area contributed by atoms with Crippen molar-refractivity contribution in [1.29, 1.82) is 0 Å². The third-order valence-corrected chi connectivity index (χ3v) is 4.76. The zero-order valence-corrected chi connectivity index (χ0v) is 12.4. The number of aryl methyl sites for hydroxylation is 1. The smallest absolute Gasteiger partial charge is 0.322 e. The average Bonchev–Trinajstić information content (AvgIpc) is 2.28. The molecule has 0 saturated carbocycles. The van der Waals surface area contributed by atoms with Gasteiger partial charge in [0.05, 0.1) is 5.02 Å². The van der Waals surface area contributed by atoms with Crippen molar-refractivity contribution in [3.05, 3.63) is 28.8 Å². The highest BCUT2D eigenvalue weighted by atomic mass is 35.5. The van der Waals surface area contributed by atoms with E-state index in [2.05, 4.69) is 4.72 Å². The zero-order valence-electron chi connectivity index (χ0n) is 10.8. The van der Waals surface area contributed by atoms with E-state index >= 15 is 0 Å². The first-order valence-corrected chi connectivity index (χ1v) is 7.53. The Morgan fingerprint density at radius 3 is 2.42 bits per heavy atom. The van der Waals surface area contributed by atoms with Gasteiger partial charge < -0.3 is 5.11 Å². The molecule has 106 valence electrons. The Balaban J connectivity index is 3.18. The van der Waals surface area contributed by atoms with Crippen LogP contribution < -0.4 is 4.72 Å². The van der Waals surface area contributed by atoms with E-state index in [1.807, 2.05) is 0 Å². The number of aliphatic carboxylic acids is 1. The molecule has 0 spiro atoms. The number of benzene rings is 1. The van der Waals surface area contributed by atoms with Crippen LogP contribution in [0.15, 0.2) is 23.1 Å². The van der Waals surface area contributed by atoms with Gasteiger partial charge in [0, 0.05) is 0 Å². The highest BCUT2D eigenvalue weighted by molar-refractivity contribution is 7.89. The molecule has 0 aliphatic carbocycles. The number of carbonyl (C=O) groups is 1. The van der Waals surface area contributed by atoms with Crippen molar-refractivity contribution in [3.8, 4) is 0 Å². The minimum Gasteiger partial charge on any atom is -0.480 e. The van der Waals surface area contributed by atoms with Gasteiger partial charge in [0.15, 0.2) is 0 Å².